The number of nitrogens with zero attached hydrogens (tertiary/aromatic N) is 1. The lowest BCUT2D eigenvalue weighted by atomic mass is 9.84. The molecule has 0 radical (unpaired) electrons. The fourth-order valence-corrected chi connectivity index (χ4v) is 4.85. The summed E-state index contributed by atoms with van der Waals surface area (Å²) in [6.45, 7) is 8.48. The van der Waals surface area contributed by atoms with E-state index in [1.807, 2.05) is 27.7 Å². The van der Waals surface area contributed by atoms with Crippen LogP contribution in [0.1, 0.15) is 66.3 Å². The van der Waals surface area contributed by atoms with E-state index in [0.717, 1.165) is 5.56 Å². The van der Waals surface area contributed by atoms with Crippen molar-refractivity contribution in [3.05, 3.63) is 100 Å². The first-order valence-electron chi connectivity index (χ1n) is 13.0. The van der Waals surface area contributed by atoms with E-state index in [-0.39, 0.29) is 28.9 Å². The lowest BCUT2D eigenvalue weighted by molar-refractivity contribution is -0.140. The molecule has 8 heteroatoms. The van der Waals surface area contributed by atoms with Crippen molar-refractivity contribution in [2.24, 2.45) is 0 Å². The fraction of sp³-hybridized carbons (Fsp3) is 0.281. The summed E-state index contributed by atoms with van der Waals surface area (Å²) in [5.74, 6) is -1.71. The van der Waals surface area contributed by atoms with E-state index < -0.39 is 23.7 Å². The molecule has 1 saturated heterocycles. The predicted octanol–water partition coefficient (Wildman–Crippen LogP) is 5.71. The molecule has 1 fully saturated rings. The second-order valence-corrected chi connectivity index (χ2v) is 10.6. The van der Waals surface area contributed by atoms with Crippen molar-refractivity contribution >= 4 is 23.4 Å². The van der Waals surface area contributed by atoms with Crippen molar-refractivity contribution < 1.29 is 34.1 Å². The quantitative estimate of drug-likeness (QED) is 0.212. The average Bonchev–Trinajstić information content (AvgIpc) is 3.17. The highest BCUT2D eigenvalue weighted by atomic mass is 16.5. The van der Waals surface area contributed by atoms with Crippen LogP contribution in [0.2, 0.25) is 0 Å². The summed E-state index contributed by atoms with van der Waals surface area (Å²) >= 11 is 0. The molecule has 1 aliphatic heterocycles. The monoisotopic (exact) mass is 543 g/mol. The molecule has 8 nitrogen and oxygen atoms in total. The van der Waals surface area contributed by atoms with Gasteiger partial charge in [0.2, 0.25) is 0 Å². The van der Waals surface area contributed by atoms with Crippen molar-refractivity contribution in [1.29, 1.82) is 0 Å². The zero-order valence-corrected chi connectivity index (χ0v) is 23.2. The van der Waals surface area contributed by atoms with Gasteiger partial charge in [-0.05, 0) is 65.9 Å². The van der Waals surface area contributed by atoms with Gasteiger partial charge in [-0.3, -0.25) is 9.59 Å². The van der Waals surface area contributed by atoms with E-state index >= 15 is 0 Å². The van der Waals surface area contributed by atoms with Crippen molar-refractivity contribution in [3.63, 3.8) is 0 Å². The van der Waals surface area contributed by atoms with Crippen LogP contribution < -0.4 is 9.47 Å². The molecule has 1 heterocycles. The van der Waals surface area contributed by atoms with Gasteiger partial charge in [0.15, 0.2) is 0 Å². The number of ether oxygens (including phenoxy) is 2. The highest BCUT2D eigenvalue weighted by Gasteiger charge is 2.46. The van der Waals surface area contributed by atoms with Crippen molar-refractivity contribution in [2.45, 2.75) is 45.7 Å². The molecule has 1 unspecified atom stereocenters. The number of carbonyl (C=O) groups is 3. The Hall–Kier alpha value is -4.59. The van der Waals surface area contributed by atoms with Gasteiger partial charge in [-0.25, -0.2) is 4.79 Å². The molecule has 4 rings (SSSR count). The topological polar surface area (TPSA) is 113 Å². The molecule has 40 heavy (non-hydrogen) atoms. The summed E-state index contributed by atoms with van der Waals surface area (Å²) in [5.41, 5.74) is 2.22. The molecular weight excluding hydrogens is 510 g/mol. The zero-order valence-electron chi connectivity index (χ0n) is 23.2. The zero-order chi connectivity index (χ0) is 29.2. The van der Waals surface area contributed by atoms with Crippen LogP contribution in [0.25, 0.3) is 5.76 Å². The molecule has 0 bridgehead atoms. The number of carboxylic acids is 1. The van der Waals surface area contributed by atoms with Gasteiger partial charge in [0.1, 0.15) is 17.3 Å². The van der Waals surface area contributed by atoms with Crippen LogP contribution in [0.3, 0.4) is 0 Å². The minimum Gasteiger partial charge on any atom is -0.507 e. The van der Waals surface area contributed by atoms with E-state index in [4.69, 9.17) is 9.47 Å². The number of hydrogen-bond donors (Lipinski definition) is 2. The molecule has 0 aromatic heterocycles. The third kappa shape index (κ3) is 5.57. The minimum absolute atomic E-state index is 0.0274. The van der Waals surface area contributed by atoms with E-state index in [2.05, 4.69) is 0 Å². The first-order chi connectivity index (χ1) is 19.0. The lowest BCUT2D eigenvalue weighted by Crippen LogP contribution is -2.29. The number of amides is 1. The van der Waals surface area contributed by atoms with Crippen LogP contribution in [0, 0.1) is 0 Å². The van der Waals surface area contributed by atoms with Gasteiger partial charge in [0, 0.05) is 17.7 Å². The summed E-state index contributed by atoms with van der Waals surface area (Å²) < 4.78 is 11.2. The molecular formula is C32H33NO7. The number of carboxylic acid groups (broad SMARTS) is 1. The first kappa shape index (κ1) is 28.4. The Morgan fingerprint density at radius 2 is 1.62 bits per heavy atom. The largest absolute Gasteiger partial charge is 0.507 e. The molecule has 0 aliphatic carbocycles. The van der Waals surface area contributed by atoms with Gasteiger partial charge in [0.25, 0.3) is 11.7 Å². The molecule has 1 amide bonds. The lowest BCUT2D eigenvalue weighted by Gasteiger charge is -2.26. The van der Waals surface area contributed by atoms with Gasteiger partial charge >= 0.3 is 5.97 Å². The summed E-state index contributed by atoms with van der Waals surface area (Å²) in [6.07, 6.45) is 0. The Bertz CT molecular complexity index is 1480. The highest BCUT2D eigenvalue weighted by molar-refractivity contribution is 6.46. The van der Waals surface area contributed by atoms with Crippen LogP contribution in [0.4, 0.5) is 0 Å². The second kappa shape index (κ2) is 11.3. The Morgan fingerprint density at radius 3 is 2.23 bits per heavy atom. The predicted molar refractivity (Wildman–Crippen MR) is 151 cm³/mol. The van der Waals surface area contributed by atoms with Crippen LogP contribution in [0.5, 0.6) is 11.5 Å². The number of benzene rings is 3. The number of likely N-dealkylation sites (tertiary alicyclic amines) is 1. The Labute approximate surface area is 233 Å². The third-order valence-electron chi connectivity index (χ3n) is 6.86. The summed E-state index contributed by atoms with van der Waals surface area (Å²) in [4.78, 5) is 39.6. The maximum atomic E-state index is 13.5. The molecule has 2 N–H and O–H groups in total. The Balaban J connectivity index is 1.87. The molecule has 3 aromatic rings. The van der Waals surface area contributed by atoms with E-state index in [1.54, 1.807) is 54.6 Å². The SMILES string of the molecule is CCOc1ccc(/C(O)=C2/C(=O)C(=O)N(Cc3ccc(C(=O)O)cc3)C2c2cccc(OC)c2)cc1C(C)(C)C. The van der Waals surface area contributed by atoms with Crippen molar-refractivity contribution in [3.8, 4) is 11.5 Å². The molecule has 3 aromatic carbocycles. The number of aromatic carboxylic acids is 1. The number of Topliss-reactive ketones (excluding diaryl/α,β-unsaturated/α-hetero) is 1. The number of hydrogen-bond acceptors (Lipinski definition) is 6. The normalized spacial score (nSPS) is 16.7. The number of ketones is 1. The molecule has 0 spiro atoms. The van der Waals surface area contributed by atoms with E-state index in [9.17, 15) is 24.6 Å². The van der Waals surface area contributed by atoms with Crippen molar-refractivity contribution in [2.75, 3.05) is 13.7 Å². The van der Waals surface area contributed by atoms with Crippen LogP contribution in [-0.2, 0) is 21.5 Å². The summed E-state index contributed by atoms with van der Waals surface area (Å²) in [7, 11) is 1.52. The van der Waals surface area contributed by atoms with Gasteiger partial charge in [-0.2, -0.15) is 0 Å². The maximum absolute atomic E-state index is 13.5. The molecule has 208 valence electrons. The number of rotatable bonds is 8. The number of carbonyl (C=O) groups excluding carboxylic acids is 2. The molecule has 1 atom stereocenters. The van der Waals surface area contributed by atoms with Gasteiger partial charge < -0.3 is 24.6 Å². The Morgan fingerprint density at radius 1 is 0.950 bits per heavy atom. The summed E-state index contributed by atoms with van der Waals surface area (Å²) in [5, 5.41) is 20.8. The maximum Gasteiger partial charge on any atom is 0.335 e. The van der Waals surface area contributed by atoms with Gasteiger partial charge in [0.05, 0.1) is 30.9 Å². The van der Waals surface area contributed by atoms with Crippen LogP contribution >= 0.6 is 0 Å². The average molecular weight is 544 g/mol. The highest BCUT2D eigenvalue weighted by Crippen LogP contribution is 2.42. The van der Waals surface area contributed by atoms with Crippen molar-refractivity contribution in [1.82, 2.24) is 4.90 Å². The smallest absolute Gasteiger partial charge is 0.335 e. The second-order valence-electron chi connectivity index (χ2n) is 10.6. The van der Waals surface area contributed by atoms with Crippen LogP contribution in [-0.4, -0.2) is 46.5 Å². The van der Waals surface area contributed by atoms with Gasteiger partial charge in [-0.15, -0.1) is 0 Å². The number of aliphatic hydroxyl groups is 1. The molecule has 0 saturated carbocycles. The summed E-state index contributed by atoms with van der Waals surface area (Å²) in [6, 6.07) is 17.4. The number of aliphatic hydroxyl groups excluding tert-OH is 1. The fourth-order valence-electron chi connectivity index (χ4n) is 4.85. The van der Waals surface area contributed by atoms with E-state index in [0.29, 0.717) is 34.8 Å². The standard InChI is InChI=1S/C32H33NO7/c1-6-40-25-15-14-22(17-24(25)32(2,3)4)28(34)26-27(21-8-7-9-23(16-21)39-5)33(30(36)29(26)35)18-19-10-12-20(13-11-19)31(37)38/h7-17,27,34H,6,18H2,1-5H3,(H,37,38)/b28-26-. The third-order valence-corrected chi connectivity index (χ3v) is 6.86. The van der Waals surface area contributed by atoms with E-state index in [1.165, 1.54) is 24.1 Å². The van der Waals surface area contributed by atoms with Gasteiger partial charge in [-0.1, -0.05) is 45.0 Å². The molecule has 1 aliphatic rings. The first-order valence-corrected chi connectivity index (χ1v) is 13.0. The Kier molecular flexibility index (Phi) is 8.00. The minimum atomic E-state index is -1.06. The van der Waals surface area contributed by atoms with Crippen LogP contribution in [0.15, 0.2) is 72.3 Å². The number of methoxy groups -OCH3 is 1.